The first-order chi connectivity index (χ1) is 12.1. The third-order valence-corrected chi connectivity index (χ3v) is 5.29. The standard InChI is InChI=1S/C18H18N2O4S/c1-2-24-18(21)16-13-8-4-6-10-15(13)25-17(16)19-11-12-7-3-5-9-14(12)20(22)23/h3,5,7,9,11H,2,4,6,8,10H2,1H3/b19-11+. The van der Waals surface area contributed by atoms with Gasteiger partial charge in [-0.3, -0.25) is 10.1 Å². The maximum Gasteiger partial charge on any atom is 0.341 e. The molecule has 0 unspecified atom stereocenters. The van der Waals surface area contributed by atoms with Crippen molar-refractivity contribution in [2.45, 2.75) is 32.6 Å². The van der Waals surface area contributed by atoms with Gasteiger partial charge in [0.05, 0.1) is 22.7 Å². The fourth-order valence-electron chi connectivity index (χ4n) is 2.95. The van der Waals surface area contributed by atoms with Crippen LogP contribution in [0.5, 0.6) is 0 Å². The predicted molar refractivity (Wildman–Crippen MR) is 97.3 cm³/mol. The highest BCUT2D eigenvalue weighted by molar-refractivity contribution is 7.16. The molecule has 0 aliphatic heterocycles. The number of esters is 1. The zero-order valence-electron chi connectivity index (χ0n) is 13.9. The molecular formula is C18H18N2O4S. The number of thiophene rings is 1. The summed E-state index contributed by atoms with van der Waals surface area (Å²) >= 11 is 1.48. The summed E-state index contributed by atoms with van der Waals surface area (Å²) < 4.78 is 5.19. The van der Waals surface area contributed by atoms with Gasteiger partial charge in [-0.05, 0) is 44.2 Å². The molecule has 0 saturated carbocycles. The van der Waals surface area contributed by atoms with Crippen molar-refractivity contribution in [2.24, 2.45) is 4.99 Å². The van der Waals surface area contributed by atoms with Crippen molar-refractivity contribution in [3.63, 3.8) is 0 Å². The monoisotopic (exact) mass is 358 g/mol. The van der Waals surface area contributed by atoms with Gasteiger partial charge in [-0.2, -0.15) is 0 Å². The van der Waals surface area contributed by atoms with Gasteiger partial charge in [0.25, 0.3) is 5.69 Å². The Hall–Kier alpha value is -2.54. The number of hydrogen-bond donors (Lipinski definition) is 0. The minimum Gasteiger partial charge on any atom is -0.462 e. The molecule has 2 aromatic rings. The van der Waals surface area contributed by atoms with Crippen LogP contribution in [0, 0.1) is 10.1 Å². The fourth-order valence-corrected chi connectivity index (χ4v) is 4.17. The first-order valence-electron chi connectivity index (χ1n) is 8.21. The van der Waals surface area contributed by atoms with Crippen LogP contribution in [0.15, 0.2) is 29.3 Å². The van der Waals surface area contributed by atoms with Gasteiger partial charge in [-0.15, -0.1) is 11.3 Å². The van der Waals surface area contributed by atoms with Gasteiger partial charge >= 0.3 is 5.97 Å². The van der Waals surface area contributed by atoms with E-state index in [9.17, 15) is 14.9 Å². The van der Waals surface area contributed by atoms with Crippen LogP contribution in [0.25, 0.3) is 0 Å². The highest BCUT2D eigenvalue weighted by atomic mass is 32.1. The molecule has 25 heavy (non-hydrogen) atoms. The number of nitro benzene ring substituents is 1. The van der Waals surface area contributed by atoms with E-state index >= 15 is 0 Å². The SMILES string of the molecule is CCOC(=O)c1c(/N=C/c2ccccc2[N+](=O)[O-])sc2c1CCCC2. The molecule has 1 aromatic heterocycles. The van der Waals surface area contributed by atoms with Crippen LogP contribution in [-0.4, -0.2) is 23.7 Å². The van der Waals surface area contributed by atoms with Gasteiger partial charge < -0.3 is 4.74 Å². The highest BCUT2D eigenvalue weighted by Crippen LogP contribution is 2.40. The molecule has 3 rings (SSSR count). The number of fused-ring (bicyclic) bond motifs is 1. The number of para-hydroxylation sites is 1. The van der Waals surface area contributed by atoms with E-state index in [1.54, 1.807) is 25.1 Å². The van der Waals surface area contributed by atoms with Crippen LogP contribution >= 0.6 is 11.3 Å². The van der Waals surface area contributed by atoms with Gasteiger partial charge in [-0.1, -0.05) is 12.1 Å². The Balaban J connectivity index is 2.01. The second-order valence-electron chi connectivity index (χ2n) is 5.69. The summed E-state index contributed by atoms with van der Waals surface area (Å²) in [4.78, 5) is 28.7. The predicted octanol–water partition coefficient (Wildman–Crippen LogP) is 4.46. The van der Waals surface area contributed by atoms with Gasteiger partial charge in [0, 0.05) is 17.2 Å². The normalized spacial score (nSPS) is 13.6. The van der Waals surface area contributed by atoms with E-state index in [0.717, 1.165) is 31.2 Å². The zero-order chi connectivity index (χ0) is 17.8. The topological polar surface area (TPSA) is 81.8 Å². The van der Waals surface area contributed by atoms with E-state index in [2.05, 4.69) is 4.99 Å². The molecule has 1 aromatic carbocycles. The highest BCUT2D eigenvalue weighted by Gasteiger charge is 2.26. The Morgan fingerprint density at radius 1 is 1.36 bits per heavy atom. The summed E-state index contributed by atoms with van der Waals surface area (Å²) in [5.74, 6) is -0.364. The van der Waals surface area contributed by atoms with Crippen LogP contribution in [0.1, 0.15) is 46.1 Å². The van der Waals surface area contributed by atoms with Crippen LogP contribution < -0.4 is 0 Å². The van der Waals surface area contributed by atoms with Crippen LogP contribution in [0.2, 0.25) is 0 Å². The number of carbonyl (C=O) groups excluding carboxylic acids is 1. The largest absolute Gasteiger partial charge is 0.462 e. The molecule has 6 nitrogen and oxygen atoms in total. The lowest BCUT2D eigenvalue weighted by molar-refractivity contribution is -0.385. The number of nitrogens with zero attached hydrogens (tertiary/aromatic N) is 2. The zero-order valence-corrected chi connectivity index (χ0v) is 14.7. The lowest BCUT2D eigenvalue weighted by Crippen LogP contribution is -2.09. The van der Waals surface area contributed by atoms with Gasteiger partial charge in [0.15, 0.2) is 0 Å². The third kappa shape index (κ3) is 3.61. The van der Waals surface area contributed by atoms with Crippen molar-refractivity contribution in [1.82, 2.24) is 0 Å². The number of hydrogen-bond acceptors (Lipinski definition) is 6. The van der Waals surface area contributed by atoms with Gasteiger partial charge in [0.1, 0.15) is 5.00 Å². The van der Waals surface area contributed by atoms with Crippen molar-refractivity contribution in [2.75, 3.05) is 6.61 Å². The summed E-state index contributed by atoms with van der Waals surface area (Å²) in [6.45, 7) is 2.07. The molecule has 0 N–H and O–H groups in total. The first-order valence-corrected chi connectivity index (χ1v) is 9.02. The molecule has 0 radical (unpaired) electrons. The van der Waals surface area contributed by atoms with E-state index < -0.39 is 4.92 Å². The first kappa shape index (κ1) is 17.3. The lowest BCUT2D eigenvalue weighted by Gasteiger charge is -2.11. The molecule has 0 fully saturated rings. The molecule has 130 valence electrons. The Kier molecular flexibility index (Phi) is 5.23. The van der Waals surface area contributed by atoms with E-state index in [-0.39, 0.29) is 11.7 Å². The van der Waals surface area contributed by atoms with E-state index in [0.29, 0.717) is 22.7 Å². The van der Waals surface area contributed by atoms with E-state index in [4.69, 9.17) is 4.74 Å². The molecule has 7 heteroatoms. The Bertz CT molecular complexity index is 842. The maximum absolute atomic E-state index is 12.4. The number of aliphatic imine (C=N–C) groups is 1. The van der Waals surface area contributed by atoms with Crippen LogP contribution in [-0.2, 0) is 17.6 Å². The Morgan fingerprint density at radius 2 is 2.12 bits per heavy atom. The molecular weight excluding hydrogens is 340 g/mol. The Labute approximate surface area is 149 Å². The second kappa shape index (κ2) is 7.57. The summed E-state index contributed by atoms with van der Waals surface area (Å²) in [6.07, 6.45) is 5.39. The third-order valence-electron chi connectivity index (χ3n) is 4.09. The maximum atomic E-state index is 12.4. The molecule has 0 spiro atoms. The smallest absolute Gasteiger partial charge is 0.341 e. The fraction of sp³-hybridized carbons (Fsp3) is 0.333. The molecule has 0 atom stereocenters. The van der Waals surface area contributed by atoms with Crippen LogP contribution in [0.3, 0.4) is 0 Å². The summed E-state index contributed by atoms with van der Waals surface area (Å²) in [5, 5.41) is 11.7. The summed E-state index contributed by atoms with van der Waals surface area (Å²) in [7, 11) is 0. The Morgan fingerprint density at radius 3 is 2.88 bits per heavy atom. The molecule has 0 amide bonds. The minimum atomic E-state index is -0.437. The molecule has 0 saturated heterocycles. The molecule has 1 heterocycles. The lowest BCUT2D eigenvalue weighted by atomic mass is 9.95. The average Bonchev–Trinajstić information content (AvgIpc) is 2.98. The molecule has 1 aliphatic rings. The van der Waals surface area contributed by atoms with Crippen molar-refractivity contribution < 1.29 is 14.5 Å². The number of carbonyl (C=O) groups is 1. The van der Waals surface area contributed by atoms with E-state index in [1.165, 1.54) is 28.5 Å². The number of benzene rings is 1. The average molecular weight is 358 g/mol. The minimum absolute atomic E-state index is 0.00902. The molecule has 0 bridgehead atoms. The van der Waals surface area contributed by atoms with E-state index in [1.807, 2.05) is 0 Å². The van der Waals surface area contributed by atoms with Gasteiger partial charge in [0.2, 0.25) is 0 Å². The van der Waals surface area contributed by atoms with Crippen molar-refractivity contribution in [1.29, 1.82) is 0 Å². The van der Waals surface area contributed by atoms with Crippen LogP contribution in [0.4, 0.5) is 10.7 Å². The number of aryl methyl sites for hydroxylation is 1. The summed E-state index contributed by atoms with van der Waals surface area (Å²) in [6, 6.07) is 6.41. The summed E-state index contributed by atoms with van der Waals surface area (Å²) in [5.41, 5.74) is 1.96. The second-order valence-corrected chi connectivity index (χ2v) is 6.77. The van der Waals surface area contributed by atoms with Crippen molar-refractivity contribution in [3.05, 3.63) is 55.9 Å². The number of ether oxygens (including phenoxy) is 1. The number of rotatable bonds is 5. The van der Waals surface area contributed by atoms with Crippen molar-refractivity contribution >= 4 is 34.2 Å². The number of nitro groups is 1. The van der Waals surface area contributed by atoms with Gasteiger partial charge in [-0.25, -0.2) is 9.79 Å². The quantitative estimate of drug-likeness (QED) is 0.342. The molecule has 1 aliphatic carbocycles. The van der Waals surface area contributed by atoms with Crippen molar-refractivity contribution in [3.8, 4) is 0 Å².